The van der Waals surface area contributed by atoms with Crippen molar-refractivity contribution < 1.29 is 33.5 Å². The molecule has 0 unspecified atom stereocenters. The zero-order valence-electron chi connectivity index (χ0n) is 12.8. The zero-order valence-corrected chi connectivity index (χ0v) is 13.7. The van der Waals surface area contributed by atoms with Gasteiger partial charge in [0.25, 0.3) is 5.56 Å². The number of hydrogen-bond donors (Lipinski definition) is 5. The van der Waals surface area contributed by atoms with Crippen LogP contribution in [0.15, 0.2) is 11.1 Å². The van der Waals surface area contributed by atoms with Gasteiger partial charge in [0.05, 0.1) is 12.9 Å². The lowest BCUT2D eigenvalue weighted by molar-refractivity contribution is -0.0578. The van der Waals surface area contributed by atoms with Gasteiger partial charge in [-0.1, -0.05) is 0 Å². The molecule has 1 aliphatic heterocycles. The van der Waals surface area contributed by atoms with Gasteiger partial charge < -0.3 is 30.1 Å². The zero-order chi connectivity index (χ0) is 18.4. The predicted molar refractivity (Wildman–Crippen MR) is 81.3 cm³/mol. The van der Waals surface area contributed by atoms with Crippen LogP contribution in [0, 0.1) is 0 Å². The van der Waals surface area contributed by atoms with Crippen molar-refractivity contribution in [2.75, 3.05) is 19.5 Å². The third-order valence-corrected chi connectivity index (χ3v) is 4.20. The van der Waals surface area contributed by atoms with E-state index in [9.17, 15) is 14.5 Å². The summed E-state index contributed by atoms with van der Waals surface area (Å²) in [5.41, 5.74) is 5.11. The summed E-state index contributed by atoms with van der Waals surface area (Å²) in [5, 5.41) is 10.3. The van der Waals surface area contributed by atoms with Crippen LogP contribution in [0.3, 0.4) is 0 Å². The molecule has 6 N–H and O–H groups in total. The fourth-order valence-electron chi connectivity index (χ4n) is 2.63. The summed E-state index contributed by atoms with van der Waals surface area (Å²) in [5.74, 6) is -0.131. The fraction of sp³-hybridized carbons (Fsp3) is 0.545. The van der Waals surface area contributed by atoms with Crippen molar-refractivity contribution >= 4 is 24.9 Å². The van der Waals surface area contributed by atoms with Crippen LogP contribution in [-0.2, 0) is 18.6 Å². The first kappa shape index (κ1) is 17.9. The van der Waals surface area contributed by atoms with Crippen molar-refractivity contribution in [2.45, 2.75) is 24.5 Å². The Morgan fingerprint density at radius 1 is 1.52 bits per heavy atom. The normalized spacial score (nSPS) is 27.2. The van der Waals surface area contributed by atoms with E-state index in [-0.39, 0.29) is 17.1 Å². The smallest absolute Gasteiger partial charge is 0.387 e. The number of hydrogen-bond acceptors (Lipinski definition) is 9. The average Bonchev–Trinajstić information content (AvgIpc) is 3.05. The number of ether oxygens (including phenoxy) is 2. The second kappa shape index (κ2) is 6.46. The van der Waals surface area contributed by atoms with Gasteiger partial charge >= 0.3 is 7.82 Å². The van der Waals surface area contributed by atoms with Crippen LogP contribution >= 0.6 is 7.82 Å². The van der Waals surface area contributed by atoms with Crippen molar-refractivity contribution in [2.24, 2.45) is 0 Å². The number of aliphatic hydroxyl groups is 1. The molecule has 1 saturated heterocycles. The Morgan fingerprint density at radius 3 is 2.88 bits per heavy atom. The standard InChI is InChI=1S/C11H16N5O8P/c1-22-7-6(17)4(2-23-25(19,20)21)24-10(7)16-3-13-5-8(16)14-11(12)15-9(5)18/h3-4,6-7,10,17H,2H2,1H3,(H2,19,20,21)(H3,12,14,15,18)/t4-,6+,7-,10-/m1/s1. The summed E-state index contributed by atoms with van der Waals surface area (Å²) >= 11 is 0. The number of nitrogens with two attached hydrogens (primary N) is 1. The van der Waals surface area contributed by atoms with E-state index in [2.05, 4.69) is 19.5 Å². The largest absolute Gasteiger partial charge is 0.469 e. The molecule has 4 atom stereocenters. The van der Waals surface area contributed by atoms with Gasteiger partial charge in [0.1, 0.15) is 18.3 Å². The summed E-state index contributed by atoms with van der Waals surface area (Å²) in [6, 6.07) is 0. The van der Waals surface area contributed by atoms with Gasteiger partial charge in [0, 0.05) is 7.11 Å². The number of aromatic amines is 1. The number of aromatic nitrogens is 4. The Labute approximate surface area is 139 Å². The maximum absolute atomic E-state index is 11.8. The van der Waals surface area contributed by atoms with E-state index in [1.165, 1.54) is 18.0 Å². The Kier molecular flexibility index (Phi) is 4.64. The van der Waals surface area contributed by atoms with Gasteiger partial charge in [-0.05, 0) is 0 Å². The van der Waals surface area contributed by atoms with Gasteiger partial charge in [0.15, 0.2) is 17.4 Å². The molecule has 1 aliphatic rings. The molecule has 2 aromatic heterocycles. The maximum Gasteiger partial charge on any atom is 0.469 e. The molecule has 0 aromatic carbocycles. The third kappa shape index (κ3) is 3.43. The average molecular weight is 377 g/mol. The Hall–Kier alpha value is -1.86. The third-order valence-electron chi connectivity index (χ3n) is 3.72. The van der Waals surface area contributed by atoms with Crippen LogP contribution in [0.25, 0.3) is 11.2 Å². The van der Waals surface area contributed by atoms with E-state index in [0.717, 1.165) is 0 Å². The molecular weight excluding hydrogens is 361 g/mol. The summed E-state index contributed by atoms with van der Waals surface area (Å²) in [7, 11) is -3.41. The number of methoxy groups -OCH3 is 1. The van der Waals surface area contributed by atoms with Crippen LogP contribution in [0.4, 0.5) is 5.95 Å². The number of rotatable bonds is 5. The SMILES string of the molecule is CO[C@@H]1[C@@H](O)[C@@H](COP(=O)(O)O)O[C@H]1n1cnc2c(=O)[nH]c(N)nc21. The number of aliphatic hydroxyl groups excluding tert-OH is 1. The summed E-state index contributed by atoms with van der Waals surface area (Å²) < 4.78 is 27.4. The molecule has 25 heavy (non-hydrogen) atoms. The molecular formula is C11H16N5O8P. The first-order chi connectivity index (χ1) is 11.7. The molecule has 0 saturated carbocycles. The lowest BCUT2D eigenvalue weighted by atomic mass is 10.1. The second-order valence-corrected chi connectivity index (χ2v) is 6.56. The minimum Gasteiger partial charge on any atom is -0.387 e. The van der Waals surface area contributed by atoms with E-state index < -0.39 is 44.5 Å². The van der Waals surface area contributed by atoms with Crippen molar-refractivity contribution in [1.82, 2.24) is 19.5 Å². The van der Waals surface area contributed by atoms with Crippen molar-refractivity contribution in [1.29, 1.82) is 0 Å². The Morgan fingerprint density at radius 2 is 2.24 bits per heavy atom. The highest BCUT2D eigenvalue weighted by Crippen LogP contribution is 2.39. The highest BCUT2D eigenvalue weighted by atomic mass is 31.2. The monoisotopic (exact) mass is 377 g/mol. The highest BCUT2D eigenvalue weighted by Gasteiger charge is 2.46. The number of nitrogen functional groups attached to an aromatic ring is 1. The molecule has 3 heterocycles. The second-order valence-electron chi connectivity index (χ2n) is 5.32. The molecule has 2 aromatic rings. The number of imidazole rings is 1. The van der Waals surface area contributed by atoms with Crippen LogP contribution < -0.4 is 11.3 Å². The Balaban J connectivity index is 1.94. The highest BCUT2D eigenvalue weighted by molar-refractivity contribution is 7.46. The Bertz CT molecular complexity index is 877. The molecule has 0 aliphatic carbocycles. The predicted octanol–water partition coefficient (Wildman–Crippen LogP) is -1.92. The van der Waals surface area contributed by atoms with E-state index in [0.29, 0.717) is 0 Å². The van der Waals surface area contributed by atoms with Crippen LogP contribution in [-0.4, -0.2) is 66.4 Å². The number of anilines is 1. The first-order valence-corrected chi connectivity index (χ1v) is 8.53. The van der Waals surface area contributed by atoms with Crippen molar-refractivity contribution in [3.05, 3.63) is 16.7 Å². The lowest BCUT2D eigenvalue weighted by Crippen LogP contribution is -2.35. The molecule has 14 heteroatoms. The van der Waals surface area contributed by atoms with E-state index in [1.54, 1.807) is 0 Å². The molecule has 0 spiro atoms. The summed E-state index contributed by atoms with van der Waals surface area (Å²) in [6.45, 7) is -0.565. The van der Waals surface area contributed by atoms with Crippen molar-refractivity contribution in [3.8, 4) is 0 Å². The van der Waals surface area contributed by atoms with Crippen LogP contribution in [0.1, 0.15) is 6.23 Å². The van der Waals surface area contributed by atoms with E-state index in [1.807, 2.05) is 0 Å². The van der Waals surface area contributed by atoms with E-state index in [4.69, 9.17) is 25.0 Å². The minimum atomic E-state index is -4.73. The molecule has 13 nitrogen and oxygen atoms in total. The molecule has 0 radical (unpaired) electrons. The van der Waals surface area contributed by atoms with Gasteiger partial charge in [-0.15, -0.1) is 0 Å². The maximum atomic E-state index is 11.8. The molecule has 0 bridgehead atoms. The first-order valence-electron chi connectivity index (χ1n) is 7.00. The van der Waals surface area contributed by atoms with Crippen LogP contribution in [0.2, 0.25) is 0 Å². The summed E-state index contributed by atoms with van der Waals surface area (Å²) in [6.07, 6.45) is -2.96. The lowest BCUT2D eigenvalue weighted by Gasteiger charge is -2.19. The van der Waals surface area contributed by atoms with Crippen LogP contribution in [0.5, 0.6) is 0 Å². The number of H-pyrrole nitrogens is 1. The number of phosphoric ester groups is 1. The van der Waals surface area contributed by atoms with Gasteiger partial charge in [0.2, 0.25) is 5.95 Å². The van der Waals surface area contributed by atoms with Gasteiger partial charge in [-0.25, -0.2) is 9.55 Å². The molecule has 1 fully saturated rings. The quantitative estimate of drug-likeness (QED) is 0.364. The fourth-order valence-corrected chi connectivity index (χ4v) is 2.98. The van der Waals surface area contributed by atoms with Gasteiger partial charge in [-0.2, -0.15) is 4.98 Å². The number of nitrogens with zero attached hydrogens (tertiary/aromatic N) is 3. The molecule has 0 amide bonds. The van der Waals surface area contributed by atoms with E-state index >= 15 is 0 Å². The number of fused-ring (bicyclic) bond motifs is 1. The summed E-state index contributed by atoms with van der Waals surface area (Å²) in [4.78, 5) is 39.6. The molecule has 138 valence electrons. The minimum absolute atomic E-state index is 0.0112. The topological polar surface area (TPSA) is 195 Å². The van der Waals surface area contributed by atoms with Crippen molar-refractivity contribution in [3.63, 3.8) is 0 Å². The van der Waals surface area contributed by atoms with Gasteiger partial charge in [-0.3, -0.25) is 18.9 Å². The number of nitrogens with one attached hydrogen (secondary N) is 1. The number of phosphoric acid groups is 1. The molecule has 3 rings (SSSR count).